The topological polar surface area (TPSA) is 102 Å². The van der Waals surface area contributed by atoms with Crippen molar-refractivity contribution < 1.29 is 19.2 Å². The molecular formula is C20H19N3O5. The molecule has 0 unspecified atom stereocenters. The maximum Gasteiger partial charge on any atom is 0.282 e. The Balaban J connectivity index is 2.04. The van der Waals surface area contributed by atoms with Gasteiger partial charge in [0.15, 0.2) is 0 Å². The van der Waals surface area contributed by atoms with Crippen LogP contribution in [-0.4, -0.2) is 22.3 Å². The Labute approximate surface area is 161 Å². The Bertz CT molecular complexity index is 977. The fourth-order valence-electron chi connectivity index (χ4n) is 2.66. The van der Waals surface area contributed by atoms with Gasteiger partial charge in [-0.15, -0.1) is 0 Å². The number of anilines is 1. The van der Waals surface area contributed by atoms with Crippen molar-refractivity contribution in [2.75, 3.05) is 5.01 Å². The highest BCUT2D eigenvalue weighted by molar-refractivity contribution is 6.31. The van der Waals surface area contributed by atoms with E-state index in [4.69, 9.17) is 4.74 Å². The summed E-state index contributed by atoms with van der Waals surface area (Å²) in [4.78, 5) is 35.7. The van der Waals surface area contributed by atoms with Crippen molar-refractivity contribution in [1.82, 2.24) is 5.43 Å². The SMILES string of the molecule is CC(C)(C)Oc1ccc([N+](=O)[O-])cc1/C=C1/C(=O)NN(c2ccccc2)C1=O. The number of hydrogen-bond acceptors (Lipinski definition) is 5. The maximum absolute atomic E-state index is 12.7. The molecule has 2 amide bonds. The molecule has 1 aliphatic rings. The summed E-state index contributed by atoms with van der Waals surface area (Å²) < 4.78 is 5.84. The Morgan fingerprint density at radius 1 is 1.11 bits per heavy atom. The molecule has 28 heavy (non-hydrogen) atoms. The first-order chi connectivity index (χ1) is 13.2. The average molecular weight is 381 g/mol. The van der Waals surface area contributed by atoms with E-state index in [0.29, 0.717) is 11.4 Å². The van der Waals surface area contributed by atoms with Crippen LogP contribution in [0.25, 0.3) is 6.08 Å². The number of non-ortho nitro benzene ring substituents is 1. The molecule has 1 heterocycles. The van der Waals surface area contributed by atoms with E-state index >= 15 is 0 Å². The molecule has 144 valence electrons. The number of hydrazine groups is 1. The predicted octanol–water partition coefficient (Wildman–Crippen LogP) is 3.23. The summed E-state index contributed by atoms with van der Waals surface area (Å²) in [6.07, 6.45) is 1.31. The zero-order valence-corrected chi connectivity index (χ0v) is 15.6. The summed E-state index contributed by atoms with van der Waals surface area (Å²) in [6.45, 7) is 5.49. The molecule has 1 fully saturated rings. The molecule has 1 saturated heterocycles. The Hall–Kier alpha value is -3.68. The largest absolute Gasteiger partial charge is 0.488 e. The third kappa shape index (κ3) is 4.01. The number of hydrogen-bond donors (Lipinski definition) is 1. The average Bonchev–Trinajstić information content (AvgIpc) is 2.90. The van der Waals surface area contributed by atoms with Crippen molar-refractivity contribution in [3.8, 4) is 5.75 Å². The molecule has 8 nitrogen and oxygen atoms in total. The van der Waals surface area contributed by atoms with Crippen molar-refractivity contribution in [3.63, 3.8) is 0 Å². The van der Waals surface area contributed by atoms with Crippen LogP contribution < -0.4 is 15.2 Å². The van der Waals surface area contributed by atoms with Crippen LogP contribution in [0.15, 0.2) is 54.1 Å². The zero-order chi connectivity index (χ0) is 20.5. The Kier molecular flexibility index (Phi) is 4.87. The highest BCUT2D eigenvalue weighted by Crippen LogP contribution is 2.30. The number of carbonyl (C=O) groups excluding carboxylic acids is 2. The monoisotopic (exact) mass is 381 g/mol. The number of rotatable bonds is 4. The van der Waals surface area contributed by atoms with Crippen molar-refractivity contribution in [2.45, 2.75) is 26.4 Å². The van der Waals surface area contributed by atoms with Gasteiger partial charge in [0.05, 0.1) is 10.6 Å². The molecule has 0 atom stereocenters. The van der Waals surface area contributed by atoms with E-state index in [2.05, 4.69) is 5.43 Å². The molecule has 1 aliphatic heterocycles. The molecule has 2 aromatic carbocycles. The van der Waals surface area contributed by atoms with Gasteiger partial charge in [0.2, 0.25) is 0 Å². The van der Waals surface area contributed by atoms with Crippen molar-refractivity contribution in [1.29, 1.82) is 0 Å². The molecule has 0 aliphatic carbocycles. The lowest BCUT2D eigenvalue weighted by Crippen LogP contribution is -2.35. The molecule has 2 aromatic rings. The van der Waals surface area contributed by atoms with Crippen LogP contribution in [0.4, 0.5) is 11.4 Å². The predicted molar refractivity (Wildman–Crippen MR) is 104 cm³/mol. The van der Waals surface area contributed by atoms with Crippen molar-refractivity contribution in [3.05, 3.63) is 69.8 Å². The molecule has 0 spiro atoms. The quantitative estimate of drug-likeness (QED) is 0.379. The lowest BCUT2D eigenvalue weighted by molar-refractivity contribution is -0.384. The summed E-state index contributed by atoms with van der Waals surface area (Å²) in [7, 11) is 0. The summed E-state index contributed by atoms with van der Waals surface area (Å²) in [6, 6.07) is 12.7. The smallest absolute Gasteiger partial charge is 0.282 e. The molecule has 0 bridgehead atoms. The molecule has 0 radical (unpaired) electrons. The van der Waals surface area contributed by atoms with Crippen LogP contribution in [0.5, 0.6) is 5.75 Å². The molecule has 8 heteroatoms. The first-order valence-electron chi connectivity index (χ1n) is 8.55. The van der Waals surface area contributed by atoms with Crippen LogP contribution in [0.3, 0.4) is 0 Å². The number of carbonyl (C=O) groups is 2. The minimum Gasteiger partial charge on any atom is -0.488 e. The minimum absolute atomic E-state index is 0.136. The van der Waals surface area contributed by atoms with Gasteiger partial charge >= 0.3 is 0 Å². The lowest BCUT2D eigenvalue weighted by Gasteiger charge is -2.22. The van der Waals surface area contributed by atoms with Gasteiger partial charge in [-0.1, -0.05) is 18.2 Å². The third-order valence-electron chi connectivity index (χ3n) is 3.83. The van der Waals surface area contributed by atoms with Gasteiger partial charge in [-0.05, 0) is 45.0 Å². The Morgan fingerprint density at radius 2 is 1.79 bits per heavy atom. The van der Waals surface area contributed by atoms with E-state index in [1.807, 2.05) is 20.8 Å². The van der Waals surface area contributed by atoms with Gasteiger partial charge in [-0.2, -0.15) is 0 Å². The van der Waals surface area contributed by atoms with Crippen LogP contribution >= 0.6 is 0 Å². The minimum atomic E-state index is -0.595. The summed E-state index contributed by atoms with van der Waals surface area (Å²) in [5.74, 6) is -0.809. The van der Waals surface area contributed by atoms with E-state index in [1.54, 1.807) is 30.3 Å². The molecule has 0 saturated carbocycles. The highest BCUT2D eigenvalue weighted by atomic mass is 16.6. The molecular weight excluding hydrogens is 362 g/mol. The van der Waals surface area contributed by atoms with Gasteiger partial charge < -0.3 is 4.74 Å². The van der Waals surface area contributed by atoms with Gasteiger partial charge in [-0.3, -0.25) is 25.1 Å². The molecule has 1 N–H and O–H groups in total. The molecule has 3 rings (SSSR count). The van der Waals surface area contributed by atoms with Crippen LogP contribution in [0.1, 0.15) is 26.3 Å². The normalized spacial score (nSPS) is 15.7. The summed E-state index contributed by atoms with van der Waals surface area (Å²) >= 11 is 0. The number of para-hydroxylation sites is 1. The first-order valence-corrected chi connectivity index (χ1v) is 8.55. The standard InChI is InChI=1S/C20H19N3O5/c1-20(2,3)28-17-10-9-15(23(26)27)11-13(17)12-16-18(24)21-22(19(16)25)14-7-5-4-6-8-14/h4-12H,1-3H3,(H,21,24)/b16-12-. The van der Waals surface area contributed by atoms with E-state index in [9.17, 15) is 19.7 Å². The second-order valence-corrected chi connectivity index (χ2v) is 7.17. The third-order valence-corrected chi connectivity index (χ3v) is 3.83. The number of nitrogens with one attached hydrogen (secondary N) is 1. The van der Waals surface area contributed by atoms with Crippen LogP contribution in [0, 0.1) is 10.1 Å². The lowest BCUT2D eigenvalue weighted by atomic mass is 10.1. The van der Waals surface area contributed by atoms with Crippen molar-refractivity contribution in [2.24, 2.45) is 0 Å². The van der Waals surface area contributed by atoms with Crippen molar-refractivity contribution >= 4 is 29.3 Å². The Morgan fingerprint density at radius 3 is 2.39 bits per heavy atom. The first kappa shape index (κ1) is 19.1. The number of nitro groups is 1. The van der Waals surface area contributed by atoms with Gasteiger partial charge in [-0.25, -0.2) is 5.01 Å². The van der Waals surface area contributed by atoms with E-state index < -0.39 is 22.3 Å². The van der Waals surface area contributed by atoms with Gasteiger partial charge in [0, 0.05) is 17.7 Å². The second-order valence-electron chi connectivity index (χ2n) is 7.17. The van der Waals surface area contributed by atoms with Gasteiger partial charge in [0.1, 0.15) is 16.9 Å². The second kappa shape index (κ2) is 7.15. The zero-order valence-electron chi connectivity index (χ0n) is 15.6. The fourth-order valence-corrected chi connectivity index (χ4v) is 2.66. The number of amides is 2. The number of ether oxygens (including phenoxy) is 1. The number of nitro benzene ring substituents is 1. The summed E-state index contributed by atoms with van der Waals surface area (Å²) in [5.41, 5.74) is 2.41. The number of nitrogens with zero attached hydrogens (tertiary/aromatic N) is 2. The van der Waals surface area contributed by atoms with E-state index in [1.165, 1.54) is 24.3 Å². The summed E-state index contributed by atoms with van der Waals surface area (Å²) in [5, 5.41) is 12.3. The number of benzene rings is 2. The van der Waals surface area contributed by atoms with E-state index in [-0.39, 0.29) is 16.8 Å². The maximum atomic E-state index is 12.7. The van der Waals surface area contributed by atoms with Crippen LogP contribution in [-0.2, 0) is 9.59 Å². The van der Waals surface area contributed by atoms with Crippen LogP contribution in [0.2, 0.25) is 0 Å². The highest BCUT2D eigenvalue weighted by Gasteiger charge is 2.34. The van der Waals surface area contributed by atoms with E-state index in [0.717, 1.165) is 5.01 Å². The molecule has 0 aromatic heterocycles. The fraction of sp³-hybridized carbons (Fsp3) is 0.200. The van der Waals surface area contributed by atoms with Gasteiger partial charge in [0.25, 0.3) is 17.5 Å².